The normalized spacial score (nSPS) is 18.8. The van der Waals surface area contributed by atoms with Crippen LogP contribution in [0, 0.1) is 13.3 Å². The van der Waals surface area contributed by atoms with Gasteiger partial charge in [0.15, 0.2) is 0 Å². The zero-order chi connectivity index (χ0) is 9.10. The smallest absolute Gasteiger partial charge is 0.0162 e. The molecule has 1 saturated carbocycles. The molecule has 0 amide bonds. The Hall–Kier alpha value is -0.780. The molecule has 0 aliphatic heterocycles. The average Bonchev–Trinajstić information content (AvgIpc) is 2.20. The summed E-state index contributed by atoms with van der Waals surface area (Å²) in [6, 6.07) is 9.05. The Labute approximate surface area is 81.0 Å². The minimum Gasteiger partial charge on any atom is -0.0590 e. The molecular formula is C13H17. The fourth-order valence-corrected chi connectivity index (χ4v) is 2.10. The Morgan fingerprint density at radius 2 is 1.62 bits per heavy atom. The fraction of sp³-hybridized carbons (Fsp3) is 0.462. The lowest BCUT2D eigenvalue weighted by atomic mass is 9.84. The maximum absolute atomic E-state index is 2.42. The van der Waals surface area contributed by atoms with Gasteiger partial charge in [-0.05, 0) is 50.5 Å². The van der Waals surface area contributed by atoms with Gasteiger partial charge < -0.3 is 0 Å². The molecule has 69 valence electrons. The summed E-state index contributed by atoms with van der Waals surface area (Å²) in [6.07, 6.45) is 7.73. The van der Waals surface area contributed by atoms with Crippen molar-refractivity contribution in [3.8, 4) is 0 Å². The first-order chi connectivity index (χ1) is 6.36. The molecular weight excluding hydrogens is 156 g/mol. The number of hydrogen-bond acceptors (Lipinski definition) is 0. The van der Waals surface area contributed by atoms with Gasteiger partial charge in [-0.25, -0.2) is 0 Å². The van der Waals surface area contributed by atoms with Crippen LogP contribution in [0.3, 0.4) is 0 Å². The first kappa shape index (κ1) is 8.80. The summed E-state index contributed by atoms with van der Waals surface area (Å²) in [5.41, 5.74) is 2.91. The van der Waals surface area contributed by atoms with E-state index in [0.29, 0.717) is 0 Å². The molecule has 0 heterocycles. The van der Waals surface area contributed by atoms with Crippen LogP contribution < -0.4 is 0 Å². The molecule has 0 atom stereocenters. The summed E-state index contributed by atoms with van der Waals surface area (Å²) < 4.78 is 0. The summed E-state index contributed by atoms with van der Waals surface area (Å²) >= 11 is 0. The van der Waals surface area contributed by atoms with E-state index in [1.807, 2.05) is 0 Å². The zero-order valence-electron chi connectivity index (χ0n) is 8.29. The van der Waals surface area contributed by atoms with E-state index in [1.54, 1.807) is 5.56 Å². The van der Waals surface area contributed by atoms with Gasteiger partial charge in [-0.2, -0.15) is 0 Å². The van der Waals surface area contributed by atoms with Crippen LogP contribution >= 0.6 is 0 Å². The minimum absolute atomic E-state index is 0.825. The fourth-order valence-electron chi connectivity index (χ4n) is 2.10. The topological polar surface area (TPSA) is 0 Å². The van der Waals surface area contributed by atoms with E-state index >= 15 is 0 Å². The van der Waals surface area contributed by atoms with Crippen molar-refractivity contribution in [2.45, 2.75) is 38.5 Å². The first-order valence-corrected chi connectivity index (χ1v) is 5.24. The van der Waals surface area contributed by atoms with Crippen molar-refractivity contribution in [3.63, 3.8) is 0 Å². The largest absolute Gasteiger partial charge is 0.0590 e. The molecule has 0 unspecified atom stereocenters. The molecule has 0 bridgehead atoms. The second-order valence-electron chi connectivity index (χ2n) is 4.05. The molecule has 1 aromatic rings. The maximum Gasteiger partial charge on any atom is -0.0162 e. The highest BCUT2D eigenvalue weighted by Crippen LogP contribution is 2.31. The lowest BCUT2D eigenvalue weighted by molar-refractivity contribution is 0.512. The van der Waals surface area contributed by atoms with E-state index in [4.69, 9.17) is 0 Å². The molecule has 0 nitrogen and oxygen atoms in total. The van der Waals surface area contributed by atoms with Crippen LogP contribution in [0.1, 0.15) is 42.7 Å². The van der Waals surface area contributed by atoms with Crippen LogP contribution in [0.4, 0.5) is 0 Å². The van der Waals surface area contributed by atoms with Crippen LogP contribution in [0.15, 0.2) is 24.3 Å². The first-order valence-electron chi connectivity index (χ1n) is 5.24. The van der Waals surface area contributed by atoms with Gasteiger partial charge in [-0.15, -0.1) is 0 Å². The molecule has 1 fully saturated rings. The molecule has 0 spiro atoms. The Morgan fingerprint density at radius 1 is 1.00 bits per heavy atom. The van der Waals surface area contributed by atoms with Crippen molar-refractivity contribution in [2.24, 2.45) is 0 Å². The number of benzene rings is 1. The molecule has 13 heavy (non-hydrogen) atoms. The van der Waals surface area contributed by atoms with E-state index in [9.17, 15) is 0 Å². The Kier molecular flexibility index (Phi) is 2.68. The van der Waals surface area contributed by atoms with Crippen molar-refractivity contribution in [2.75, 3.05) is 0 Å². The quantitative estimate of drug-likeness (QED) is 0.605. The summed E-state index contributed by atoms with van der Waals surface area (Å²) in [7, 11) is 0. The highest BCUT2D eigenvalue weighted by molar-refractivity contribution is 5.24. The van der Waals surface area contributed by atoms with Gasteiger partial charge in [0.05, 0.1) is 0 Å². The van der Waals surface area contributed by atoms with Crippen molar-refractivity contribution in [3.05, 3.63) is 41.8 Å². The summed E-state index contributed by atoms with van der Waals surface area (Å²) in [5, 5.41) is 0. The third kappa shape index (κ3) is 2.12. The lowest BCUT2D eigenvalue weighted by Gasteiger charge is -2.21. The molecule has 0 heteroatoms. The molecule has 2 rings (SSSR count). The van der Waals surface area contributed by atoms with Gasteiger partial charge in [-0.1, -0.05) is 29.8 Å². The number of rotatable bonds is 1. The molecule has 1 radical (unpaired) electrons. The monoisotopic (exact) mass is 173 g/mol. The van der Waals surface area contributed by atoms with Gasteiger partial charge in [0.25, 0.3) is 0 Å². The highest BCUT2D eigenvalue weighted by atomic mass is 14.2. The van der Waals surface area contributed by atoms with Crippen molar-refractivity contribution in [1.82, 2.24) is 0 Å². The van der Waals surface area contributed by atoms with Crippen molar-refractivity contribution >= 4 is 0 Å². The van der Waals surface area contributed by atoms with Crippen LogP contribution in [0.5, 0.6) is 0 Å². The Morgan fingerprint density at radius 3 is 2.23 bits per heavy atom. The van der Waals surface area contributed by atoms with E-state index < -0.39 is 0 Å². The minimum atomic E-state index is 0.825. The van der Waals surface area contributed by atoms with E-state index in [1.165, 1.54) is 31.2 Å². The highest BCUT2D eigenvalue weighted by Gasteiger charge is 2.14. The molecule has 0 N–H and O–H groups in total. The number of aryl methyl sites for hydroxylation is 1. The van der Waals surface area contributed by atoms with Crippen LogP contribution in [0.25, 0.3) is 0 Å². The Balaban J connectivity index is 2.10. The number of hydrogen-bond donors (Lipinski definition) is 0. The molecule has 1 aliphatic carbocycles. The van der Waals surface area contributed by atoms with E-state index in [2.05, 4.69) is 37.6 Å². The van der Waals surface area contributed by atoms with Crippen LogP contribution in [0.2, 0.25) is 0 Å². The van der Waals surface area contributed by atoms with Crippen LogP contribution in [-0.4, -0.2) is 0 Å². The van der Waals surface area contributed by atoms with E-state index in [-0.39, 0.29) is 0 Å². The van der Waals surface area contributed by atoms with Gasteiger partial charge in [-0.3, -0.25) is 0 Å². The third-order valence-corrected chi connectivity index (χ3v) is 2.99. The lowest BCUT2D eigenvalue weighted by Crippen LogP contribution is -2.04. The standard InChI is InChI=1S/C13H17/c1-11-7-9-13(10-8-11)12-5-3-2-4-6-12/h2,7-10,12H,3-6H2,1H3. The molecule has 0 aromatic heterocycles. The molecule has 0 saturated heterocycles. The average molecular weight is 173 g/mol. The molecule has 1 aliphatic rings. The SMILES string of the molecule is Cc1ccc(C2CC[CH]CC2)cc1. The van der Waals surface area contributed by atoms with Gasteiger partial charge >= 0.3 is 0 Å². The third-order valence-electron chi connectivity index (χ3n) is 2.99. The van der Waals surface area contributed by atoms with Crippen molar-refractivity contribution < 1.29 is 0 Å². The maximum atomic E-state index is 2.42. The van der Waals surface area contributed by atoms with Crippen molar-refractivity contribution in [1.29, 1.82) is 0 Å². The van der Waals surface area contributed by atoms with Gasteiger partial charge in [0.2, 0.25) is 0 Å². The predicted octanol–water partition coefficient (Wildman–Crippen LogP) is 3.86. The Bertz CT molecular complexity index is 252. The zero-order valence-corrected chi connectivity index (χ0v) is 8.29. The summed E-state index contributed by atoms with van der Waals surface area (Å²) in [5.74, 6) is 0.825. The predicted molar refractivity (Wildman–Crippen MR) is 56.7 cm³/mol. The van der Waals surface area contributed by atoms with E-state index in [0.717, 1.165) is 5.92 Å². The second-order valence-corrected chi connectivity index (χ2v) is 4.05. The van der Waals surface area contributed by atoms with Gasteiger partial charge in [0.1, 0.15) is 0 Å². The second kappa shape index (κ2) is 3.95. The summed E-state index contributed by atoms with van der Waals surface area (Å²) in [6.45, 7) is 2.15. The molecule has 1 aromatic carbocycles. The van der Waals surface area contributed by atoms with Crippen LogP contribution in [-0.2, 0) is 0 Å². The summed E-state index contributed by atoms with van der Waals surface area (Å²) in [4.78, 5) is 0. The van der Waals surface area contributed by atoms with Gasteiger partial charge in [0, 0.05) is 0 Å².